The van der Waals surface area contributed by atoms with E-state index in [1.54, 1.807) is 17.8 Å². The first-order valence-corrected chi connectivity index (χ1v) is 4.79. The predicted octanol–water partition coefficient (Wildman–Crippen LogP) is 0.235. The minimum Gasteiger partial charge on any atom is -0.478 e. The van der Waals surface area contributed by atoms with Crippen LogP contribution in [0.3, 0.4) is 0 Å². The molecule has 0 aromatic carbocycles. The van der Waals surface area contributed by atoms with Crippen LogP contribution < -0.4 is 0 Å². The van der Waals surface area contributed by atoms with Crippen LogP contribution in [0, 0.1) is 11.3 Å². The molecule has 0 radical (unpaired) electrons. The van der Waals surface area contributed by atoms with Crippen molar-refractivity contribution in [3.8, 4) is 6.07 Å². The van der Waals surface area contributed by atoms with E-state index in [1.165, 1.54) is 17.1 Å². The van der Waals surface area contributed by atoms with E-state index in [-0.39, 0.29) is 17.9 Å². The molecule has 2 aromatic rings. The molecule has 0 unspecified atom stereocenters. The number of hydrogen-bond acceptors (Lipinski definition) is 4. The van der Waals surface area contributed by atoms with Crippen LogP contribution in [0.4, 0.5) is 0 Å². The summed E-state index contributed by atoms with van der Waals surface area (Å²) in [6, 6.07) is 1.93. The van der Waals surface area contributed by atoms with Crippen molar-refractivity contribution >= 4 is 5.97 Å². The van der Waals surface area contributed by atoms with Crippen LogP contribution in [0.5, 0.6) is 0 Å². The molecule has 7 nitrogen and oxygen atoms in total. The minimum absolute atomic E-state index is 0.130. The smallest absolute Gasteiger partial charge is 0.339 e. The molecule has 0 saturated carbocycles. The summed E-state index contributed by atoms with van der Waals surface area (Å²) in [5, 5.41) is 21.7. The number of aromatic nitrogens is 4. The predicted molar refractivity (Wildman–Crippen MR) is 56.2 cm³/mol. The van der Waals surface area contributed by atoms with Crippen molar-refractivity contribution in [2.24, 2.45) is 7.05 Å². The molecule has 17 heavy (non-hydrogen) atoms. The van der Waals surface area contributed by atoms with Gasteiger partial charge in [-0.2, -0.15) is 10.4 Å². The maximum atomic E-state index is 11.0. The van der Waals surface area contributed by atoms with E-state index >= 15 is 0 Å². The Morgan fingerprint density at radius 2 is 2.41 bits per heavy atom. The van der Waals surface area contributed by atoms with Gasteiger partial charge in [-0.1, -0.05) is 0 Å². The highest BCUT2D eigenvalue weighted by Crippen LogP contribution is 2.10. The average Bonchev–Trinajstić information content (AvgIpc) is 2.87. The van der Waals surface area contributed by atoms with Crippen LogP contribution in [0.2, 0.25) is 0 Å². The Bertz CT molecular complexity index is 604. The lowest BCUT2D eigenvalue weighted by Gasteiger charge is -2.05. The second kappa shape index (κ2) is 4.09. The zero-order valence-electron chi connectivity index (χ0n) is 9.03. The Hall–Kier alpha value is -2.62. The number of aryl methyl sites for hydroxylation is 1. The van der Waals surface area contributed by atoms with Crippen LogP contribution in [0.15, 0.2) is 18.6 Å². The lowest BCUT2D eigenvalue weighted by atomic mass is 10.2. The number of nitrogens with zero attached hydrogens (tertiary/aromatic N) is 5. The summed E-state index contributed by atoms with van der Waals surface area (Å²) >= 11 is 0. The quantitative estimate of drug-likeness (QED) is 0.815. The highest BCUT2D eigenvalue weighted by Gasteiger charge is 2.16. The van der Waals surface area contributed by atoms with Crippen LogP contribution in [-0.2, 0) is 13.6 Å². The molecule has 86 valence electrons. The van der Waals surface area contributed by atoms with Gasteiger partial charge in [0.15, 0.2) is 0 Å². The first-order valence-electron chi connectivity index (χ1n) is 4.79. The van der Waals surface area contributed by atoms with E-state index in [0.717, 1.165) is 0 Å². The van der Waals surface area contributed by atoms with E-state index in [4.69, 9.17) is 10.4 Å². The second-order valence-electron chi connectivity index (χ2n) is 3.42. The topological polar surface area (TPSA) is 96.7 Å². The molecule has 0 aliphatic carbocycles. The number of aromatic carboxylic acids is 1. The SMILES string of the molecule is Cn1ncc(C(=O)O)c1Cn1ccnc1C#N. The van der Waals surface area contributed by atoms with Crippen molar-refractivity contribution in [1.29, 1.82) is 5.26 Å². The van der Waals surface area contributed by atoms with Gasteiger partial charge in [0.25, 0.3) is 0 Å². The largest absolute Gasteiger partial charge is 0.478 e. The molecule has 0 atom stereocenters. The van der Waals surface area contributed by atoms with E-state index in [0.29, 0.717) is 5.69 Å². The maximum Gasteiger partial charge on any atom is 0.339 e. The monoisotopic (exact) mass is 231 g/mol. The van der Waals surface area contributed by atoms with E-state index in [2.05, 4.69) is 10.1 Å². The van der Waals surface area contributed by atoms with Gasteiger partial charge in [-0.05, 0) is 0 Å². The van der Waals surface area contributed by atoms with Gasteiger partial charge in [0.2, 0.25) is 5.82 Å². The number of rotatable bonds is 3. The van der Waals surface area contributed by atoms with E-state index in [9.17, 15) is 4.79 Å². The normalized spacial score (nSPS) is 10.1. The molecule has 1 N–H and O–H groups in total. The molecule has 0 aliphatic rings. The van der Waals surface area contributed by atoms with Gasteiger partial charge in [-0.15, -0.1) is 0 Å². The summed E-state index contributed by atoms with van der Waals surface area (Å²) in [6.07, 6.45) is 4.41. The van der Waals surface area contributed by atoms with Crippen LogP contribution in [0.25, 0.3) is 0 Å². The van der Waals surface area contributed by atoms with E-state index < -0.39 is 5.97 Å². The van der Waals surface area contributed by atoms with Gasteiger partial charge in [-0.25, -0.2) is 9.78 Å². The van der Waals surface area contributed by atoms with Crippen molar-refractivity contribution in [1.82, 2.24) is 19.3 Å². The number of carboxylic acid groups (broad SMARTS) is 1. The van der Waals surface area contributed by atoms with Crippen molar-refractivity contribution in [2.45, 2.75) is 6.54 Å². The molecule has 0 fully saturated rings. The molecule has 0 bridgehead atoms. The Morgan fingerprint density at radius 3 is 3.06 bits per heavy atom. The van der Waals surface area contributed by atoms with Gasteiger partial charge in [0.05, 0.1) is 18.4 Å². The fraction of sp³-hybridized carbons (Fsp3) is 0.200. The van der Waals surface area contributed by atoms with Crippen LogP contribution in [-0.4, -0.2) is 30.4 Å². The fourth-order valence-electron chi connectivity index (χ4n) is 1.54. The Morgan fingerprint density at radius 1 is 1.65 bits per heavy atom. The van der Waals surface area contributed by atoms with Gasteiger partial charge >= 0.3 is 5.97 Å². The lowest BCUT2D eigenvalue weighted by Crippen LogP contribution is -2.10. The maximum absolute atomic E-state index is 11.0. The molecular weight excluding hydrogens is 222 g/mol. The highest BCUT2D eigenvalue weighted by molar-refractivity contribution is 5.88. The fourth-order valence-corrected chi connectivity index (χ4v) is 1.54. The molecule has 2 aromatic heterocycles. The van der Waals surface area contributed by atoms with Crippen LogP contribution >= 0.6 is 0 Å². The zero-order chi connectivity index (χ0) is 12.4. The summed E-state index contributed by atoms with van der Waals surface area (Å²) in [5.74, 6) is -0.797. The van der Waals surface area contributed by atoms with Gasteiger partial charge in [-0.3, -0.25) is 4.68 Å². The molecule has 0 amide bonds. The summed E-state index contributed by atoms with van der Waals surface area (Å²) in [7, 11) is 1.66. The Kier molecular flexibility index (Phi) is 2.62. The molecule has 7 heteroatoms. The highest BCUT2D eigenvalue weighted by atomic mass is 16.4. The summed E-state index contributed by atoms with van der Waals surface area (Å²) in [6.45, 7) is 0.251. The van der Waals surface area contributed by atoms with Crippen molar-refractivity contribution < 1.29 is 9.90 Å². The first-order chi connectivity index (χ1) is 8.13. The third kappa shape index (κ3) is 1.88. The van der Waals surface area contributed by atoms with Gasteiger partial charge in [0.1, 0.15) is 11.6 Å². The molecule has 0 aliphatic heterocycles. The lowest BCUT2D eigenvalue weighted by molar-refractivity contribution is 0.0695. The third-order valence-corrected chi connectivity index (χ3v) is 2.43. The van der Waals surface area contributed by atoms with Crippen molar-refractivity contribution in [3.63, 3.8) is 0 Å². The summed E-state index contributed by atoms with van der Waals surface area (Å²) < 4.78 is 3.05. The number of hydrogen-bond donors (Lipinski definition) is 1. The van der Waals surface area contributed by atoms with Crippen LogP contribution in [0.1, 0.15) is 21.9 Å². The Labute approximate surface area is 96.5 Å². The first kappa shape index (κ1) is 10.9. The summed E-state index contributed by atoms with van der Waals surface area (Å²) in [5.41, 5.74) is 0.650. The van der Waals surface area contributed by atoms with Gasteiger partial charge in [0, 0.05) is 19.4 Å². The number of carboxylic acids is 1. The standard InChI is InChI=1S/C10H9N5O2/c1-14-8(7(5-13-14)10(16)17)6-15-3-2-12-9(15)4-11/h2-3,5H,6H2,1H3,(H,16,17). The number of nitriles is 1. The minimum atomic E-state index is -1.04. The zero-order valence-corrected chi connectivity index (χ0v) is 9.03. The Balaban J connectivity index is 2.40. The molecule has 0 saturated heterocycles. The molecule has 2 rings (SSSR count). The van der Waals surface area contributed by atoms with E-state index in [1.807, 2.05) is 6.07 Å². The second-order valence-corrected chi connectivity index (χ2v) is 3.42. The van der Waals surface area contributed by atoms with Crippen molar-refractivity contribution in [3.05, 3.63) is 35.7 Å². The van der Waals surface area contributed by atoms with Gasteiger partial charge < -0.3 is 9.67 Å². The average molecular weight is 231 g/mol. The number of carbonyl (C=O) groups is 1. The number of imidazole rings is 1. The molecule has 2 heterocycles. The van der Waals surface area contributed by atoms with Crippen molar-refractivity contribution in [2.75, 3.05) is 0 Å². The molecule has 0 spiro atoms. The third-order valence-electron chi connectivity index (χ3n) is 2.43. The molecular formula is C10H9N5O2. The summed E-state index contributed by atoms with van der Waals surface area (Å²) in [4.78, 5) is 14.8.